The first-order valence-corrected chi connectivity index (χ1v) is 8.92. The highest BCUT2D eigenvalue weighted by Gasteiger charge is 2.18. The molecule has 9 heteroatoms. The topological polar surface area (TPSA) is 71.8 Å². The SMILES string of the molecule is CC(C)CNC(=O)c1cnc(Nc2ccc(Cl)cc2Cl)c2ncn(C)c12.Cl. The van der Waals surface area contributed by atoms with Crippen LogP contribution in [0.1, 0.15) is 24.2 Å². The Kier molecular flexibility index (Phi) is 6.92. The number of hydrogen-bond donors (Lipinski definition) is 2. The lowest BCUT2D eigenvalue weighted by molar-refractivity contribution is 0.0950. The Hall–Kier alpha value is -2.02. The summed E-state index contributed by atoms with van der Waals surface area (Å²) in [5.74, 6) is 0.711. The molecule has 0 aliphatic rings. The average molecular weight is 429 g/mol. The van der Waals surface area contributed by atoms with Crippen LogP contribution in [0.25, 0.3) is 11.0 Å². The lowest BCUT2D eigenvalue weighted by Gasteiger charge is -2.12. The molecular weight excluding hydrogens is 409 g/mol. The molecule has 144 valence electrons. The minimum Gasteiger partial charge on any atom is -0.352 e. The van der Waals surface area contributed by atoms with Crippen LogP contribution in [0.15, 0.2) is 30.7 Å². The maximum atomic E-state index is 12.5. The van der Waals surface area contributed by atoms with Gasteiger partial charge in [0, 0.05) is 24.8 Å². The van der Waals surface area contributed by atoms with Crippen LogP contribution in [0.5, 0.6) is 0 Å². The number of amides is 1. The van der Waals surface area contributed by atoms with E-state index in [4.69, 9.17) is 23.2 Å². The van der Waals surface area contributed by atoms with Gasteiger partial charge >= 0.3 is 0 Å². The van der Waals surface area contributed by atoms with Crippen molar-refractivity contribution in [1.82, 2.24) is 19.9 Å². The molecule has 0 aliphatic carbocycles. The van der Waals surface area contributed by atoms with Crippen molar-refractivity contribution in [2.45, 2.75) is 13.8 Å². The summed E-state index contributed by atoms with van der Waals surface area (Å²) in [6.45, 7) is 4.68. The van der Waals surface area contributed by atoms with E-state index >= 15 is 0 Å². The van der Waals surface area contributed by atoms with E-state index in [0.717, 1.165) is 0 Å². The zero-order chi connectivity index (χ0) is 18.8. The fourth-order valence-corrected chi connectivity index (χ4v) is 3.00. The van der Waals surface area contributed by atoms with Crippen molar-refractivity contribution in [2.24, 2.45) is 13.0 Å². The van der Waals surface area contributed by atoms with Crippen LogP contribution in [-0.4, -0.2) is 27.0 Å². The summed E-state index contributed by atoms with van der Waals surface area (Å²) in [6.07, 6.45) is 3.20. The Morgan fingerprint density at radius 3 is 2.67 bits per heavy atom. The Morgan fingerprint density at radius 1 is 1.26 bits per heavy atom. The number of rotatable bonds is 5. The molecule has 0 saturated heterocycles. The first-order valence-electron chi connectivity index (χ1n) is 8.17. The van der Waals surface area contributed by atoms with Gasteiger partial charge in [0.2, 0.25) is 0 Å². The molecule has 2 heterocycles. The van der Waals surface area contributed by atoms with E-state index in [1.807, 2.05) is 20.9 Å². The molecular formula is C18H20Cl3N5O. The molecule has 0 bridgehead atoms. The predicted molar refractivity (Wildman–Crippen MR) is 113 cm³/mol. The second kappa shape index (κ2) is 8.78. The van der Waals surface area contributed by atoms with Gasteiger partial charge in [-0.05, 0) is 24.1 Å². The van der Waals surface area contributed by atoms with E-state index < -0.39 is 0 Å². The van der Waals surface area contributed by atoms with Crippen LogP contribution in [0, 0.1) is 5.92 Å². The molecule has 1 amide bonds. The molecule has 27 heavy (non-hydrogen) atoms. The van der Waals surface area contributed by atoms with Crippen molar-refractivity contribution in [2.75, 3.05) is 11.9 Å². The van der Waals surface area contributed by atoms with Crippen molar-refractivity contribution in [1.29, 1.82) is 0 Å². The van der Waals surface area contributed by atoms with Gasteiger partial charge in [-0.3, -0.25) is 4.79 Å². The van der Waals surface area contributed by atoms with Crippen molar-refractivity contribution in [3.05, 3.63) is 46.3 Å². The van der Waals surface area contributed by atoms with E-state index in [1.54, 1.807) is 35.3 Å². The molecule has 6 nitrogen and oxygen atoms in total. The fraction of sp³-hybridized carbons (Fsp3) is 0.278. The summed E-state index contributed by atoms with van der Waals surface area (Å²) in [7, 11) is 1.84. The van der Waals surface area contributed by atoms with Crippen molar-refractivity contribution >= 4 is 64.1 Å². The molecule has 2 N–H and O–H groups in total. The highest BCUT2D eigenvalue weighted by Crippen LogP contribution is 2.31. The number of halogens is 3. The molecule has 3 rings (SSSR count). The molecule has 0 aliphatic heterocycles. The van der Waals surface area contributed by atoms with E-state index in [1.165, 1.54) is 0 Å². The van der Waals surface area contributed by atoms with Crippen LogP contribution in [-0.2, 0) is 7.05 Å². The highest BCUT2D eigenvalue weighted by atomic mass is 35.5. The third kappa shape index (κ3) is 4.64. The zero-order valence-electron chi connectivity index (χ0n) is 15.1. The number of imidazole rings is 1. The largest absolute Gasteiger partial charge is 0.352 e. The van der Waals surface area contributed by atoms with Crippen molar-refractivity contribution < 1.29 is 4.79 Å². The summed E-state index contributed by atoms with van der Waals surface area (Å²) < 4.78 is 1.80. The number of nitrogens with zero attached hydrogens (tertiary/aromatic N) is 3. The number of aromatic nitrogens is 3. The normalized spacial score (nSPS) is 10.7. The Bertz CT molecular complexity index is 971. The molecule has 0 fully saturated rings. The number of anilines is 2. The number of fused-ring (bicyclic) bond motifs is 1. The van der Waals surface area contributed by atoms with Crippen LogP contribution in [0.4, 0.5) is 11.5 Å². The van der Waals surface area contributed by atoms with Gasteiger partial charge in [-0.25, -0.2) is 9.97 Å². The quantitative estimate of drug-likeness (QED) is 0.611. The van der Waals surface area contributed by atoms with Gasteiger partial charge in [-0.1, -0.05) is 37.0 Å². The Morgan fingerprint density at radius 2 is 2.00 bits per heavy atom. The van der Waals surface area contributed by atoms with E-state index in [-0.39, 0.29) is 18.3 Å². The minimum atomic E-state index is -0.170. The molecule has 0 spiro atoms. The number of aryl methyl sites for hydroxylation is 1. The Labute approximate surface area is 173 Å². The first kappa shape index (κ1) is 21.3. The maximum Gasteiger partial charge on any atom is 0.255 e. The van der Waals surface area contributed by atoms with Gasteiger partial charge in [0.15, 0.2) is 5.82 Å². The monoisotopic (exact) mass is 427 g/mol. The minimum absolute atomic E-state index is 0. The van der Waals surface area contributed by atoms with Crippen LogP contribution >= 0.6 is 35.6 Å². The number of nitrogens with one attached hydrogen (secondary N) is 2. The lowest BCUT2D eigenvalue weighted by atomic mass is 10.2. The molecule has 3 aromatic rings. The second-order valence-electron chi connectivity index (χ2n) is 6.43. The van der Waals surface area contributed by atoms with Gasteiger partial charge in [0.1, 0.15) is 5.52 Å². The number of hydrogen-bond acceptors (Lipinski definition) is 4. The second-order valence-corrected chi connectivity index (χ2v) is 7.27. The molecule has 0 atom stereocenters. The van der Waals surface area contributed by atoms with Crippen LogP contribution < -0.4 is 10.6 Å². The van der Waals surface area contributed by atoms with Gasteiger partial charge < -0.3 is 15.2 Å². The van der Waals surface area contributed by atoms with Crippen molar-refractivity contribution in [3.63, 3.8) is 0 Å². The standard InChI is InChI=1S/C18H19Cl2N5O.ClH/c1-10(2)7-22-18(26)12-8-21-17(15-16(12)25(3)9-23-15)24-14-5-4-11(19)6-13(14)20;/h4-6,8-10H,7H2,1-3H3,(H,21,24)(H,22,26);1H. The molecule has 0 saturated carbocycles. The van der Waals surface area contributed by atoms with Crippen LogP contribution in [0.3, 0.4) is 0 Å². The number of carbonyl (C=O) groups is 1. The van der Waals surface area contributed by atoms with E-state index in [2.05, 4.69) is 20.6 Å². The average Bonchev–Trinajstić information content (AvgIpc) is 2.98. The third-order valence-electron chi connectivity index (χ3n) is 3.84. The smallest absolute Gasteiger partial charge is 0.255 e. The van der Waals surface area contributed by atoms with E-state index in [0.29, 0.717) is 50.6 Å². The Balaban J connectivity index is 0.00000261. The highest BCUT2D eigenvalue weighted by molar-refractivity contribution is 6.36. The fourth-order valence-electron chi connectivity index (χ4n) is 2.54. The molecule has 2 aromatic heterocycles. The number of benzene rings is 1. The summed E-state index contributed by atoms with van der Waals surface area (Å²) in [4.78, 5) is 21.3. The summed E-state index contributed by atoms with van der Waals surface area (Å²) >= 11 is 12.2. The zero-order valence-corrected chi connectivity index (χ0v) is 17.4. The summed E-state index contributed by atoms with van der Waals surface area (Å²) in [6, 6.07) is 5.15. The number of carbonyl (C=O) groups excluding carboxylic acids is 1. The summed E-state index contributed by atoms with van der Waals surface area (Å²) in [5.41, 5.74) is 2.44. The predicted octanol–water partition coefficient (Wildman–Crippen LogP) is 4.83. The molecule has 0 unspecified atom stereocenters. The van der Waals surface area contributed by atoms with Gasteiger partial charge in [0.05, 0.1) is 28.1 Å². The third-order valence-corrected chi connectivity index (χ3v) is 4.39. The van der Waals surface area contributed by atoms with Gasteiger partial charge in [-0.15, -0.1) is 12.4 Å². The van der Waals surface area contributed by atoms with Gasteiger partial charge in [-0.2, -0.15) is 0 Å². The van der Waals surface area contributed by atoms with Crippen LogP contribution in [0.2, 0.25) is 10.0 Å². The van der Waals surface area contributed by atoms with E-state index in [9.17, 15) is 4.79 Å². The first-order chi connectivity index (χ1) is 12.4. The molecule has 0 radical (unpaired) electrons. The van der Waals surface area contributed by atoms with Gasteiger partial charge in [0.25, 0.3) is 5.91 Å². The lowest BCUT2D eigenvalue weighted by Crippen LogP contribution is -2.28. The maximum absolute atomic E-state index is 12.5. The van der Waals surface area contributed by atoms with Crippen molar-refractivity contribution in [3.8, 4) is 0 Å². The number of pyridine rings is 1. The summed E-state index contributed by atoms with van der Waals surface area (Å²) in [5, 5.41) is 7.10. The molecule has 1 aromatic carbocycles.